The highest BCUT2D eigenvalue weighted by atomic mass is 16.7. The number of carboxylic acid groups (broad SMARTS) is 1. The smallest absolute Gasteiger partial charge is 0.306 e. The van der Waals surface area contributed by atoms with Crippen LogP contribution in [0.5, 0.6) is 0 Å². The Morgan fingerprint density at radius 2 is 0.621 bits per heavy atom. The SMILES string of the molecule is CC/C=C\C/C=C\C/C=C\C/C=C\C/C=C\CCCCCCCCCC(=O)OC(COC(=O)CCCCCCCCCCCCCCCCCCCCCCCCCCCC/C=C\C/C=C\C/C=C\C/C=C\CC)COC(OCC[N+](C)(C)C)C(=O)[O-]. The van der Waals surface area contributed by atoms with Gasteiger partial charge in [-0.3, -0.25) is 9.59 Å². The largest absolute Gasteiger partial charge is 0.545 e. The van der Waals surface area contributed by atoms with E-state index >= 15 is 0 Å². The molecule has 0 bridgehead atoms. The number of carbonyl (C=O) groups excluding carboxylic acids is 3. The number of allylic oxidation sites excluding steroid dienone is 18. The zero-order chi connectivity index (χ0) is 63.3. The number of likely N-dealkylation sites (N-methyl/N-ethyl adjacent to an activating group) is 1. The van der Waals surface area contributed by atoms with E-state index in [1.807, 2.05) is 21.1 Å². The van der Waals surface area contributed by atoms with E-state index in [0.717, 1.165) is 103 Å². The van der Waals surface area contributed by atoms with E-state index < -0.39 is 24.3 Å². The molecule has 87 heavy (non-hydrogen) atoms. The Hall–Kier alpha value is -4.05. The molecule has 2 atom stereocenters. The Labute approximate surface area is 536 Å². The molecule has 0 radical (unpaired) electrons. The van der Waals surface area contributed by atoms with Crippen molar-refractivity contribution in [3.63, 3.8) is 0 Å². The van der Waals surface area contributed by atoms with Gasteiger partial charge in [0.2, 0.25) is 0 Å². The monoisotopic (exact) mass is 1210 g/mol. The fraction of sp³-hybridized carbons (Fsp3) is 0.731. The number of quaternary nitrogens is 1. The van der Waals surface area contributed by atoms with Crippen LogP contribution in [0.15, 0.2) is 109 Å². The van der Waals surface area contributed by atoms with Crippen LogP contribution in [0.2, 0.25) is 0 Å². The van der Waals surface area contributed by atoms with Crippen molar-refractivity contribution in [3.8, 4) is 0 Å². The fourth-order valence-electron chi connectivity index (χ4n) is 10.1. The average Bonchev–Trinajstić information content (AvgIpc) is 3.50. The van der Waals surface area contributed by atoms with E-state index in [0.29, 0.717) is 17.4 Å². The predicted octanol–water partition coefficient (Wildman–Crippen LogP) is 21.2. The minimum absolute atomic E-state index is 0.142. The summed E-state index contributed by atoms with van der Waals surface area (Å²) in [5.74, 6) is -2.29. The lowest BCUT2D eigenvalue weighted by molar-refractivity contribution is -0.870. The maximum absolute atomic E-state index is 12.9. The molecule has 0 rings (SSSR count). The Morgan fingerprint density at radius 3 is 0.920 bits per heavy atom. The van der Waals surface area contributed by atoms with Crippen molar-refractivity contribution < 1.29 is 42.9 Å². The molecular weight excluding hydrogens is 1080 g/mol. The molecule has 500 valence electrons. The van der Waals surface area contributed by atoms with Crippen molar-refractivity contribution in [1.82, 2.24) is 0 Å². The van der Waals surface area contributed by atoms with Crippen molar-refractivity contribution >= 4 is 17.9 Å². The molecule has 0 amide bonds. The number of rotatable bonds is 66. The molecule has 0 aromatic carbocycles. The second-order valence-corrected chi connectivity index (χ2v) is 25.1. The maximum atomic E-state index is 12.9. The number of hydrogen-bond acceptors (Lipinski definition) is 8. The summed E-state index contributed by atoms with van der Waals surface area (Å²) in [5.41, 5.74) is 0. The second-order valence-electron chi connectivity index (χ2n) is 25.1. The third kappa shape index (κ3) is 69.3. The summed E-state index contributed by atoms with van der Waals surface area (Å²) >= 11 is 0. The fourth-order valence-corrected chi connectivity index (χ4v) is 10.1. The number of ether oxygens (including phenoxy) is 4. The highest BCUT2D eigenvalue weighted by Crippen LogP contribution is 2.18. The first kappa shape index (κ1) is 83.0. The highest BCUT2D eigenvalue weighted by molar-refractivity contribution is 5.70. The minimum atomic E-state index is -1.63. The van der Waals surface area contributed by atoms with Crippen molar-refractivity contribution in [2.75, 3.05) is 47.5 Å². The molecule has 9 nitrogen and oxygen atoms in total. The van der Waals surface area contributed by atoms with Gasteiger partial charge in [0.25, 0.3) is 0 Å². The molecular formula is C78H135NO8. The maximum Gasteiger partial charge on any atom is 0.306 e. The van der Waals surface area contributed by atoms with Crippen LogP contribution in [0.3, 0.4) is 0 Å². The molecule has 0 saturated carbocycles. The zero-order valence-electron chi connectivity index (χ0n) is 57.1. The number of carbonyl (C=O) groups is 3. The quantitative estimate of drug-likeness (QED) is 0.0195. The van der Waals surface area contributed by atoms with Crippen molar-refractivity contribution in [1.29, 1.82) is 0 Å². The summed E-state index contributed by atoms with van der Waals surface area (Å²) < 4.78 is 22.8. The summed E-state index contributed by atoms with van der Waals surface area (Å²) in [6.07, 6.45) is 91.9. The van der Waals surface area contributed by atoms with Gasteiger partial charge in [-0.2, -0.15) is 0 Å². The van der Waals surface area contributed by atoms with Gasteiger partial charge in [0.15, 0.2) is 12.4 Å². The van der Waals surface area contributed by atoms with E-state index in [-0.39, 0.29) is 38.6 Å². The van der Waals surface area contributed by atoms with E-state index in [1.165, 1.54) is 173 Å². The Bertz CT molecular complexity index is 1800. The van der Waals surface area contributed by atoms with Crippen LogP contribution in [0.4, 0.5) is 0 Å². The van der Waals surface area contributed by atoms with Crippen molar-refractivity contribution in [3.05, 3.63) is 109 Å². The molecule has 0 fully saturated rings. The molecule has 0 aromatic heterocycles. The van der Waals surface area contributed by atoms with Gasteiger partial charge in [-0.1, -0.05) is 309 Å². The molecule has 0 heterocycles. The third-order valence-electron chi connectivity index (χ3n) is 15.5. The lowest BCUT2D eigenvalue weighted by Crippen LogP contribution is -2.44. The van der Waals surface area contributed by atoms with E-state index in [2.05, 4.69) is 123 Å². The summed E-state index contributed by atoms with van der Waals surface area (Å²) in [6, 6.07) is 0. The van der Waals surface area contributed by atoms with Gasteiger partial charge in [-0.05, 0) is 96.3 Å². The summed E-state index contributed by atoms with van der Waals surface area (Å²) in [6.45, 7) is 4.53. The standard InChI is InChI=1S/C78H135NO8/c1-6-8-10-12-14-16-18-20-22-24-26-28-30-31-32-33-34-35-36-37-38-39-40-41-42-43-44-45-47-48-50-52-54-56-58-60-62-64-66-68-75(80)85-72-74(73-86-78(77(82)83)84-71-70-79(3,4)5)87-76(81)69-67-65-63-61-59-57-55-53-51-49-46-29-27-25-23-21-19-17-15-13-11-9-7-2/h8-11,14-17,20-23,26-29,49,51,74,78H,6-7,12-13,18-19,24-25,30-48,50,52-73H2,1-5H3/b10-8-,11-9-,16-14-,17-15-,22-20-,23-21-,28-26-,29-27-,51-49-. The Morgan fingerprint density at radius 1 is 0.345 bits per heavy atom. The Kier molecular flexibility index (Phi) is 64.7. The van der Waals surface area contributed by atoms with Gasteiger partial charge in [0.1, 0.15) is 13.2 Å². The molecule has 0 aromatic rings. The number of esters is 2. The first-order valence-corrected chi connectivity index (χ1v) is 36.0. The van der Waals surface area contributed by atoms with Gasteiger partial charge in [0, 0.05) is 12.8 Å². The zero-order valence-corrected chi connectivity index (χ0v) is 57.1. The van der Waals surface area contributed by atoms with Crippen LogP contribution in [-0.4, -0.2) is 82.3 Å². The molecule has 0 aliphatic rings. The van der Waals surface area contributed by atoms with Gasteiger partial charge < -0.3 is 33.3 Å². The molecule has 2 unspecified atom stereocenters. The van der Waals surface area contributed by atoms with Gasteiger partial charge in [-0.15, -0.1) is 0 Å². The summed E-state index contributed by atoms with van der Waals surface area (Å²) in [4.78, 5) is 37.5. The number of hydrogen-bond donors (Lipinski definition) is 0. The van der Waals surface area contributed by atoms with Crippen LogP contribution < -0.4 is 5.11 Å². The van der Waals surface area contributed by atoms with Crippen LogP contribution in [0.25, 0.3) is 0 Å². The van der Waals surface area contributed by atoms with Gasteiger partial charge >= 0.3 is 11.9 Å². The van der Waals surface area contributed by atoms with Crippen molar-refractivity contribution in [2.24, 2.45) is 0 Å². The molecule has 0 N–H and O–H groups in total. The van der Waals surface area contributed by atoms with E-state index in [1.54, 1.807) is 0 Å². The predicted molar refractivity (Wildman–Crippen MR) is 370 cm³/mol. The van der Waals surface area contributed by atoms with Gasteiger partial charge in [-0.25, -0.2) is 0 Å². The first-order valence-electron chi connectivity index (χ1n) is 36.0. The molecule has 0 aliphatic heterocycles. The molecule has 0 aliphatic carbocycles. The summed E-state index contributed by atoms with van der Waals surface area (Å²) in [5, 5.41) is 11.8. The number of carboxylic acids is 1. The van der Waals surface area contributed by atoms with Crippen LogP contribution in [0.1, 0.15) is 309 Å². The van der Waals surface area contributed by atoms with Gasteiger partial charge in [0.05, 0.1) is 40.3 Å². The van der Waals surface area contributed by atoms with Crippen LogP contribution >= 0.6 is 0 Å². The summed E-state index contributed by atoms with van der Waals surface area (Å²) in [7, 11) is 5.93. The van der Waals surface area contributed by atoms with Crippen molar-refractivity contribution in [2.45, 2.75) is 322 Å². The molecule has 0 spiro atoms. The second kappa shape index (κ2) is 67.9. The lowest BCUT2D eigenvalue weighted by atomic mass is 10.0. The molecule has 9 heteroatoms. The third-order valence-corrected chi connectivity index (χ3v) is 15.5. The van der Waals surface area contributed by atoms with E-state index in [9.17, 15) is 19.5 Å². The first-order chi connectivity index (χ1) is 42.6. The van der Waals surface area contributed by atoms with Crippen LogP contribution in [-0.2, 0) is 33.3 Å². The average molecular weight is 1210 g/mol. The Balaban J connectivity index is 4.01. The topological polar surface area (TPSA) is 111 Å². The number of unbranched alkanes of at least 4 members (excludes halogenated alkanes) is 33. The molecule has 0 saturated heterocycles. The minimum Gasteiger partial charge on any atom is -0.545 e. The lowest BCUT2D eigenvalue weighted by Gasteiger charge is -2.26. The number of aliphatic carboxylic acids is 1. The van der Waals surface area contributed by atoms with E-state index in [4.69, 9.17) is 18.9 Å². The normalized spacial score (nSPS) is 13.3. The number of nitrogens with zero attached hydrogens (tertiary/aromatic N) is 1. The van der Waals surface area contributed by atoms with Crippen LogP contribution in [0, 0.1) is 0 Å². The highest BCUT2D eigenvalue weighted by Gasteiger charge is 2.22.